The Hall–Kier alpha value is -3.68. The topological polar surface area (TPSA) is 110 Å². The molecule has 0 unspecified atom stereocenters. The summed E-state index contributed by atoms with van der Waals surface area (Å²) in [5.41, 5.74) is 7.87. The SMILES string of the molecule is CC(=O)N1CCN(C(=O)/C=C/c2cccc([N+](=O)[O-])c2-c2cccc(N)c2)CC1. The Morgan fingerprint density at radius 2 is 1.72 bits per heavy atom. The predicted octanol–water partition coefficient (Wildman–Crippen LogP) is 2.55. The highest BCUT2D eigenvalue weighted by atomic mass is 16.6. The maximum absolute atomic E-state index is 12.6. The molecule has 8 heteroatoms. The van der Waals surface area contributed by atoms with Gasteiger partial charge in [0.25, 0.3) is 5.69 Å². The molecule has 0 saturated carbocycles. The van der Waals surface area contributed by atoms with Gasteiger partial charge in [0.05, 0.1) is 10.5 Å². The lowest BCUT2D eigenvalue weighted by atomic mass is 9.97. The van der Waals surface area contributed by atoms with Crippen molar-refractivity contribution in [2.45, 2.75) is 6.92 Å². The van der Waals surface area contributed by atoms with Gasteiger partial charge < -0.3 is 15.5 Å². The second-order valence-corrected chi connectivity index (χ2v) is 6.79. The van der Waals surface area contributed by atoms with E-state index in [2.05, 4.69) is 0 Å². The molecule has 1 aliphatic rings. The Morgan fingerprint density at radius 3 is 2.34 bits per heavy atom. The van der Waals surface area contributed by atoms with Crippen LogP contribution in [0.25, 0.3) is 17.2 Å². The molecule has 2 N–H and O–H groups in total. The van der Waals surface area contributed by atoms with Crippen molar-refractivity contribution in [3.8, 4) is 11.1 Å². The Balaban J connectivity index is 1.87. The van der Waals surface area contributed by atoms with Crippen molar-refractivity contribution in [1.29, 1.82) is 0 Å². The van der Waals surface area contributed by atoms with Gasteiger partial charge in [-0.15, -0.1) is 0 Å². The molecule has 1 aliphatic heterocycles. The molecule has 0 radical (unpaired) electrons. The maximum Gasteiger partial charge on any atom is 0.277 e. The monoisotopic (exact) mass is 394 g/mol. The molecule has 2 aromatic rings. The number of amides is 2. The number of piperazine rings is 1. The molecule has 0 aromatic heterocycles. The number of hydrogen-bond acceptors (Lipinski definition) is 5. The molecular formula is C21H22N4O4. The highest BCUT2D eigenvalue weighted by molar-refractivity contribution is 5.94. The van der Waals surface area contributed by atoms with Crippen LogP contribution >= 0.6 is 0 Å². The maximum atomic E-state index is 12.6. The third-order valence-corrected chi connectivity index (χ3v) is 4.89. The highest BCUT2D eigenvalue weighted by Gasteiger charge is 2.22. The van der Waals surface area contributed by atoms with Crippen molar-refractivity contribution in [2.75, 3.05) is 31.9 Å². The first-order chi connectivity index (χ1) is 13.9. The molecule has 0 bridgehead atoms. The molecular weight excluding hydrogens is 372 g/mol. The molecule has 0 atom stereocenters. The number of nitrogens with zero attached hydrogens (tertiary/aromatic N) is 3. The van der Waals surface area contributed by atoms with E-state index < -0.39 is 4.92 Å². The van der Waals surface area contributed by atoms with Crippen molar-refractivity contribution >= 4 is 29.3 Å². The van der Waals surface area contributed by atoms with Crippen LogP contribution in [0.4, 0.5) is 11.4 Å². The van der Waals surface area contributed by atoms with Crippen LogP contribution in [0.1, 0.15) is 12.5 Å². The third-order valence-electron chi connectivity index (χ3n) is 4.89. The van der Waals surface area contributed by atoms with Crippen molar-refractivity contribution in [1.82, 2.24) is 9.80 Å². The fourth-order valence-electron chi connectivity index (χ4n) is 3.37. The van der Waals surface area contributed by atoms with E-state index in [-0.39, 0.29) is 17.5 Å². The van der Waals surface area contributed by atoms with Crippen molar-refractivity contribution in [2.24, 2.45) is 0 Å². The van der Waals surface area contributed by atoms with Crippen LogP contribution < -0.4 is 5.73 Å². The lowest BCUT2D eigenvalue weighted by Crippen LogP contribution is -2.49. The number of anilines is 1. The van der Waals surface area contributed by atoms with Crippen LogP contribution in [0.2, 0.25) is 0 Å². The van der Waals surface area contributed by atoms with E-state index in [0.717, 1.165) is 0 Å². The van der Waals surface area contributed by atoms with Gasteiger partial charge in [0.15, 0.2) is 0 Å². The molecule has 1 saturated heterocycles. The molecule has 3 rings (SSSR count). The first kappa shape index (κ1) is 20.1. The Kier molecular flexibility index (Phi) is 5.92. The molecule has 0 spiro atoms. The van der Waals surface area contributed by atoms with Crippen molar-refractivity contribution in [3.05, 3.63) is 64.2 Å². The molecule has 8 nitrogen and oxygen atoms in total. The van der Waals surface area contributed by atoms with Crippen molar-refractivity contribution in [3.63, 3.8) is 0 Å². The summed E-state index contributed by atoms with van der Waals surface area (Å²) in [4.78, 5) is 38.4. The third kappa shape index (κ3) is 4.60. The number of rotatable bonds is 4. The van der Waals surface area contributed by atoms with Crippen LogP contribution in [0.3, 0.4) is 0 Å². The minimum Gasteiger partial charge on any atom is -0.399 e. The van der Waals surface area contributed by atoms with Gasteiger partial charge in [-0.25, -0.2) is 0 Å². The number of nitrogen functional groups attached to an aromatic ring is 1. The molecule has 1 heterocycles. The van der Waals surface area contributed by atoms with Crippen LogP contribution in [-0.2, 0) is 9.59 Å². The van der Waals surface area contributed by atoms with Gasteiger partial charge in [0.1, 0.15) is 0 Å². The van der Waals surface area contributed by atoms with Gasteiger partial charge in [0, 0.05) is 50.9 Å². The molecule has 0 aliphatic carbocycles. The minimum atomic E-state index is -0.446. The number of carbonyl (C=O) groups is 2. The number of nitrogens with two attached hydrogens (primary N) is 1. The van der Waals surface area contributed by atoms with Gasteiger partial charge in [-0.1, -0.05) is 24.3 Å². The number of nitro benzene ring substituents is 1. The summed E-state index contributed by atoms with van der Waals surface area (Å²) in [6.07, 6.45) is 3.00. The summed E-state index contributed by atoms with van der Waals surface area (Å²) in [6, 6.07) is 11.6. The number of nitro groups is 1. The first-order valence-electron chi connectivity index (χ1n) is 9.22. The van der Waals surface area contributed by atoms with Crippen molar-refractivity contribution < 1.29 is 14.5 Å². The van der Waals surface area contributed by atoms with E-state index in [9.17, 15) is 19.7 Å². The largest absolute Gasteiger partial charge is 0.399 e. The van der Waals surface area contributed by atoms with Gasteiger partial charge in [-0.05, 0) is 29.3 Å². The second-order valence-electron chi connectivity index (χ2n) is 6.79. The van der Waals surface area contributed by atoms with E-state index in [0.29, 0.717) is 48.6 Å². The number of carbonyl (C=O) groups excluding carboxylic acids is 2. The Morgan fingerprint density at radius 1 is 1.07 bits per heavy atom. The average molecular weight is 394 g/mol. The highest BCUT2D eigenvalue weighted by Crippen LogP contribution is 2.34. The Bertz CT molecular complexity index is 978. The summed E-state index contributed by atoms with van der Waals surface area (Å²) in [5, 5.41) is 11.5. The molecule has 1 fully saturated rings. The average Bonchev–Trinajstić information content (AvgIpc) is 2.71. The molecule has 2 amide bonds. The summed E-state index contributed by atoms with van der Waals surface area (Å²) in [6.45, 7) is 3.43. The van der Waals surface area contributed by atoms with E-state index in [4.69, 9.17) is 5.73 Å². The number of hydrogen-bond donors (Lipinski definition) is 1. The standard InChI is InChI=1S/C21H22N4O4/c1-15(26)23-10-12-24(13-11-23)20(27)9-8-16-4-3-7-19(25(28)29)21(16)17-5-2-6-18(22)14-17/h2-9,14H,10-13,22H2,1H3/b9-8+. The van der Waals surface area contributed by atoms with Gasteiger partial charge >= 0.3 is 0 Å². The van der Waals surface area contributed by atoms with E-state index >= 15 is 0 Å². The fraction of sp³-hybridized carbons (Fsp3) is 0.238. The molecule has 150 valence electrons. The fourth-order valence-corrected chi connectivity index (χ4v) is 3.37. The van der Waals surface area contributed by atoms with E-state index in [1.165, 1.54) is 19.1 Å². The molecule has 2 aromatic carbocycles. The zero-order chi connectivity index (χ0) is 21.0. The molecule has 29 heavy (non-hydrogen) atoms. The lowest BCUT2D eigenvalue weighted by molar-refractivity contribution is -0.384. The summed E-state index contributed by atoms with van der Waals surface area (Å²) in [7, 11) is 0. The Labute approximate surface area is 168 Å². The van der Waals surface area contributed by atoms with Crippen LogP contribution in [0.15, 0.2) is 48.5 Å². The van der Waals surface area contributed by atoms with E-state index in [1.807, 2.05) is 0 Å². The second kappa shape index (κ2) is 8.55. The summed E-state index contributed by atoms with van der Waals surface area (Å²) in [5.74, 6) is -0.200. The zero-order valence-corrected chi connectivity index (χ0v) is 16.1. The quantitative estimate of drug-likeness (QED) is 0.371. The van der Waals surface area contributed by atoms with E-state index in [1.54, 1.807) is 52.3 Å². The number of benzene rings is 2. The zero-order valence-electron chi connectivity index (χ0n) is 16.1. The van der Waals surface area contributed by atoms with Crippen LogP contribution in [-0.4, -0.2) is 52.7 Å². The summed E-state index contributed by atoms with van der Waals surface area (Å²) < 4.78 is 0. The summed E-state index contributed by atoms with van der Waals surface area (Å²) >= 11 is 0. The van der Waals surface area contributed by atoms with Gasteiger partial charge in [-0.3, -0.25) is 19.7 Å². The smallest absolute Gasteiger partial charge is 0.277 e. The predicted molar refractivity (Wildman–Crippen MR) is 111 cm³/mol. The van der Waals surface area contributed by atoms with Gasteiger partial charge in [-0.2, -0.15) is 0 Å². The minimum absolute atomic E-state index is 0.00369. The first-order valence-corrected chi connectivity index (χ1v) is 9.22. The van der Waals surface area contributed by atoms with Crippen LogP contribution in [0.5, 0.6) is 0 Å². The van der Waals surface area contributed by atoms with Gasteiger partial charge in [0.2, 0.25) is 11.8 Å². The van der Waals surface area contributed by atoms with Crippen LogP contribution in [0, 0.1) is 10.1 Å². The lowest BCUT2D eigenvalue weighted by Gasteiger charge is -2.33. The normalized spacial score (nSPS) is 14.2.